The van der Waals surface area contributed by atoms with E-state index in [0.29, 0.717) is 19.8 Å². The van der Waals surface area contributed by atoms with Gasteiger partial charge in [-0.15, -0.1) is 0 Å². The molecule has 2 aliphatic rings. The molecule has 0 spiro atoms. The van der Waals surface area contributed by atoms with E-state index in [-0.39, 0.29) is 18.4 Å². The molecule has 1 aliphatic carbocycles. The Morgan fingerprint density at radius 3 is 3.00 bits per heavy atom. The first-order valence-corrected chi connectivity index (χ1v) is 7.38. The second-order valence-electron chi connectivity index (χ2n) is 5.62. The Morgan fingerprint density at radius 2 is 2.19 bits per heavy atom. The Hall–Kier alpha value is -1.88. The molecule has 0 radical (unpaired) electrons. The first-order valence-electron chi connectivity index (χ1n) is 7.38. The fourth-order valence-electron chi connectivity index (χ4n) is 3.27. The van der Waals surface area contributed by atoms with Crippen LogP contribution < -0.4 is 0 Å². The summed E-state index contributed by atoms with van der Waals surface area (Å²) < 4.78 is 5.33. The summed E-state index contributed by atoms with van der Waals surface area (Å²) in [6.45, 7) is 1.23. The van der Waals surface area contributed by atoms with Gasteiger partial charge in [-0.1, -0.05) is 12.1 Å². The average molecular weight is 289 g/mol. The third-order valence-corrected chi connectivity index (χ3v) is 4.27. The summed E-state index contributed by atoms with van der Waals surface area (Å²) in [7, 11) is 0. The second kappa shape index (κ2) is 5.85. The fourth-order valence-corrected chi connectivity index (χ4v) is 3.27. The molecule has 0 saturated carbocycles. The molecule has 0 aromatic heterocycles. The van der Waals surface area contributed by atoms with Gasteiger partial charge in [0, 0.05) is 12.1 Å². The first kappa shape index (κ1) is 14.1. The minimum absolute atomic E-state index is 0.0525. The number of aryl methyl sites for hydroxylation is 1. The molecule has 112 valence electrons. The highest BCUT2D eigenvalue weighted by Crippen LogP contribution is 2.27. The van der Waals surface area contributed by atoms with Crippen molar-refractivity contribution in [2.45, 2.75) is 31.7 Å². The van der Waals surface area contributed by atoms with Crippen molar-refractivity contribution in [2.24, 2.45) is 0 Å². The average Bonchev–Trinajstić information content (AvgIpc) is 2.95. The van der Waals surface area contributed by atoms with Crippen molar-refractivity contribution >= 4 is 11.9 Å². The predicted molar refractivity (Wildman–Crippen MR) is 76.4 cm³/mol. The maximum atomic E-state index is 12.8. The van der Waals surface area contributed by atoms with E-state index in [1.165, 1.54) is 5.56 Å². The third-order valence-electron chi connectivity index (χ3n) is 4.27. The molecule has 5 nitrogen and oxygen atoms in total. The van der Waals surface area contributed by atoms with Crippen molar-refractivity contribution in [2.75, 3.05) is 19.8 Å². The molecule has 3 rings (SSSR count). The Labute approximate surface area is 123 Å². The number of carbonyl (C=O) groups is 2. The maximum Gasteiger partial charge on any atom is 0.305 e. The molecule has 0 unspecified atom stereocenters. The lowest BCUT2D eigenvalue weighted by atomic mass is 10.0. The number of benzene rings is 1. The minimum atomic E-state index is -0.901. The van der Waals surface area contributed by atoms with Crippen molar-refractivity contribution in [3.8, 4) is 0 Å². The Bertz CT molecular complexity index is 569. The van der Waals surface area contributed by atoms with Crippen LogP contribution in [0.1, 0.15) is 34.3 Å². The van der Waals surface area contributed by atoms with Gasteiger partial charge in [0.15, 0.2) is 0 Å². The summed E-state index contributed by atoms with van der Waals surface area (Å²) in [4.78, 5) is 25.5. The summed E-state index contributed by atoms with van der Waals surface area (Å²) in [5.74, 6) is -0.954. The highest BCUT2D eigenvalue weighted by molar-refractivity contribution is 5.96. The number of carbonyl (C=O) groups excluding carboxylic acids is 1. The van der Waals surface area contributed by atoms with Crippen LogP contribution in [0.2, 0.25) is 0 Å². The molecule has 1 aliphatic heterocycles. The Kier molecular flexibility index (Phi) is 3.92. The zero-order chi connectivity index (χ0) is 14.8. The van der Waals surface area contributed by atoms with Crippen LogP contribution >= 0.6 is 0 Å². The minimum Gasteiger partial charge on any atom is -0.481 e. The monoisotopic (exact) mass is 289 g/mol. The molecule has 1 aromatic rings. The van der Waals surface area contributed by atoms with E-state index in [1.54, 1.807) is 4.90 Å². The SMILES string of the molecule is O=C(O)C[C@@H]1COCCN1C(=O)c1cccc2c1CCC2. The number of hydrogen-bond donors (Lipinski definition) is 1. The molecular formula is C16H19NO4. The highest BCUT2D eigenvalue weighted by atomic mass is 16.5. The van der Waals surface area contributed by atoms with Gasteiger partial charge in [-0.05, 0) is 36.5 Å². The van der Waals surface area contributed by atoms with Gasteiger partial charge in [-0.3, -0.25) is 9.59 Å². The normalized spacial score (nSPS) is 21.1. The van der Waals surface area contributed by atoms with Crippen LogP contribution in [0, 0.1) is 0 Å². The molecule has 1 fully saturated rings. The quantitative estimate of drug-likeness (QED) is 0.915. The maximum absolute atomic E-state index is 12.8. The number of carboxylic acid groups (broad SMARTS) is 1. The third kappa shape index (κ3) is 2.78. The Balaban J connectivity index is 1.86. The molecule has 5 heteroatoms. The number of hydrogen-bond acceptors (Lipinski definition) is 3. The lowest BCUT2D eigenvalue weighted by Gasteiger charge is -2.35. The Morgan fingerprint density at radius 1 is 1.33 bits per heavy atom. The van der Waals surface area contributed by atoms with Gasteiger partial charge in [0.05, 0.1) is 25.7 Å². The van der Waals surface area contributed by atoms with Crippen LogP contribution in [0.5, 0.6) is 0 Å². The molecule has 21 heavy (non-hydrogen) atoms. The van der Waals surface area contributed by atoms with Crippen LogP contribution in [0.3, 0.4) is 0 Å². The molecule has 1 aromatic carbocycles. The number of carboxylic acids is 1. The highest BCUT2D eigenvalue weighted by Gasteiger charge is 2.31. The van der Waals surface area contributed by atoms with Gasteiger partial charge in [-0.25, -0.2) is 0 Å². The van der Waals surface area contributed by atoms with Gasteiger partial charge in [0.2, 0.25) is 0 Å². The van der Waals surface area contributed by atoms with Gasteiger partial charge in [0.1, 0.15) is 0 Å². The number of ether oxygens (including phenoxy) is 1. The van der Waals surface area contributed by atoms with Gasteiger partial charge in [0.25, 0.3) is 5.91 Å². The van der Waals surface area contributed by atoms with E-state index in [2.05, 4.69) is 6.07 Å². The smallest absolute Gasteiger partial charge is 0.305 e. The predicted octanol–water partition coefficient (Wildman–Crippen LogP) is 1.49. The second-order valence-corrected chi connectivity index (χ2v) is 5.62. The topological polar surface area (TPSA) is 66.8 Å². The van der Waals surface area contributed by atoms with Gasteiger partial charge >= 0.3 is 5.97 Å². The number of nitrogens with zero attached hydrogens (tertiary/aromatic N) is 1. The van der Waals surface area contributed by atoms with Crippen molar-refractivity contribution in [1.82, 2.24) is 4.90 Å². The van der Waals surface area contributed by atoms with Crippen LogP contribution in [0.25, 0.3) is 0 Å². The molecule has 0 bridgehead atoms. The van der Waals surface area contributed by atoms with Crippen molar-refractivity contribution < 1.29 is 19.4 Å². The van der Waals surface area contributed by atoms with E-state index < -0.39 is 5.97 Å². The molecular weight excluding hydrogens is 270 g/mol. The van der Waals surface area contributed by atoms with Crippen molar-refractivity contribution in [3.63, 3.8) is 0 Å². The first-order chi connectivity index (χ1) is 10.2. The van der Waals surface area contributed by atoms with Gasteiger partial charge in [-0.2, -0.15) is 0 Å². The zero-order valence-corrected chi connectivity index (χ0v) is 11.9. The zero-order valence-electron chi connectivity index (χ0n) is 11.9. The van der Waals surface area contributed by atoms with Gasteiger partial charge < -0.3 is 14.7 Å². The molecule has 1 amide bonds. The fraction of sp³-hybridized carbons (Fsp3) is 0.500. The standard InChI is InChI=1S/C16H19NO4/c18-15(19)9-12-10-21-8-7-17(12)16(20)14-6-2-4-11-3-1-5-13(11)14/h2,4,6,12H,1,3,5,7-10H2,(H,18,19)/t12-/m1/s1. The molecule has 1 N–H and O–H groups in total. The van der Waals surface area contributed by atoms with E-state index in [9.17, 15) is 9.59 Å². The number of amides is 1. The summed E-state index contributed by atoms with van der Waals surface area (Å²) in [6.07, 6.45) is 2.98. The summed E-state index contributed by atoms with van der Waals surface area (Å²) in [5.41, 5.74) is 3.13. The lowest BCUT2D eigenvalue weighted by Crippen LogP contribution is -2.49. The van der Waals surface area contributed by atoms with E-state index >= 15 is 0 Å². The van der Waals surface area contributed by atoms with E-state index in [1.807, 2.05) is 12.1 Å². The van der Waals surface area contributed by atoms with Crippen LogP contribution in [-0.4, -0.2) is 47.7 Å². The van der Waals surface area contributed by atoms with E-state index in [0.717, 1.165) is 30.4 Å². The number of morpholine rings is 1. The van der Waals surface area contributed by atoms with Crippen LogP contribution in [0.15, 0.2) is 18.2 Å². The molecule has 1 saturated heterocycles. The lowest BCUT2D eigenvalue weighted by molar-refractivity contribution is -0.139. The molecule has 1 atom stereocenters. The number of rotatable bonds is 3. The van der Waals surface area contributed by atoms with Crippen molar-refractivity contribution in [1.29, 1.82) is 0 Å². The summed E-state index contributed by atoms with van der Waals surface area (Å²) in [5, 5.41) is 9.00. The van der Waals surface area contributed by atoms with E-state index in [4.69, 9.17) is 9.84 Å². The summed E-state index contributed by atoms with van der Waals surface area (Å²) >= 11 is 0. The van der Waals surface area contributed by atoms with Crippen molar-refractivity contribution in [3.05, 3.63) is 34.9 Å². The number of aliphatic carboxylic acids is 1. The van der Waals surface area contributed by atoms with Crippen LogP contribution in [-0.2, 0) is 22.4 Å². The molecule has 1 heterocycles. The summed E-state index contributed by atoms with van der Waals surface area (Å²) in [6, 6.07) is 5.48. The number of fused-ring (bicyclic) bond motifs is 1. The van der Waals surface area contributed by atoms with Crippen LogP contribution in [0.4, 0.5) is 0 Å². The largest absolute Gasteiger partial charge is 0.481 e.